The fourth-order valence-corrected chi connectivity index (χ4v) is 6.60. The zero-order chi connectivity index (χ0) is 23.2. The highest BCUT2D eigenvalue weighted by Gasteiger charge is 2.40. The maximum atomic E-state index is 12.8. The van der Waals surface area contributed by atoms with E-state index in [1.807, 2.05) is 49.4 Å². The number of nitrogens with zero attached hydrogens (tertiary/aromatic N) is 2. The Labute approximate surface area is 194 Å². The van der Waals surface area contributed by atoms with Gasteiger partial charge >= 0.3 is 0 Å². The van der Waals surface area contributed by atoms with Crippen molar-refractivity contribution in [1.82, 2.24) is 14.2 Å². The van der Waals surface area contributed by atoms with Crippen molar-refractivity contribution in [1.29, 1.82) is 0 Å². The summed E-state index contributed by atoms with van der Waals surface area (Å²) in [5.41, 5.74) is 4.06. The molecule has 0 spiro atoms. The Balaban J connectivity index is 1.43. The molecule has 0 radical (unpaired) electrons. The molecule has 0 bridgehead atoms. The Morgan fingerprint density at radius 1 is 1.12 bits per heavy atom. The number of sulfonamides is 1. The lowest BCUT2D eigenvalue weighted by Gasteiger charge is -2.39. The number of halogens is 1. The van der Waals surface area contributed by atoms with Gasteiger partial charge in [-0.25, -0.2) is 8.42 Å². The average Bonchev–Trinajstić information content (AvgIpc) is 3.12. The van der Waals surface area contributed by atoms with Gasteiger partial charge in [-0.1, -0.05) is 30.3 Å². The highest BCUT2D eigenvalue weighted by Crippen LogP contribution is 2.42. The molecule has 0 aliphatic carbocycles. The Kier molecular flexibility index (Phi) is 5.93. The predicted octanol–water partition coefficient (Wildman–Crippen LogP) is 3.89. The first-order valence-electron chi connectivity index (χ1n) is 11.5. The van der Waals surface area contributed by atoms with Crippen LogP contribution in [0.15, 0.2) is 48.5 Å². The summed E-state index contributed by atoms with van der Waals surface area (Å²) in [6.07, 6.45) is 2.63. The zero-order valence-corrected chi connectivity index (χ0v) is 19.8. The Morgan fingerprint density at radius 2 is 1.85 bits per heavy atom. The van der Waals surface area contributed by atoms with Crippen LogP contribution in [0.4, 0.5) is 4.39 Å². The van der Waals surface area contributed by atoms with E-state index in [4.69, 9.17) is 4.74 Å². The summed E-state index contributed by atoms with van der Waals surface area (Å²) >= 11 is 0. The Hall–Kier alpha value is -2.42. The number of aromatic amines is 1. The Morgan fingerprint density at radius 3 is 2.55 bits per heavy atom. The molecule has 6 nitrogen and oxygen atoms in total. The van der Waals surface area contributed by atoms with Crippen molar-refractivity contribution in [2.75, 3.05) is 32.6 Å². The van der Waals surface area contributed by atoms with E-state index in [1.54, 1.807) is 4.31 Å². The van der Waals surface area contributed by atoms with Crippen molar-refractivity contribution >= 4 is 20.9 Å². The topological polar surface area (TPSA) is 65.6 Å². The largest absolute Gasteiger partial charge is 0.488 e. The second-order valence-electron chi connectivity index (χ2n) is 9.22. The third-order valence-corrected chi connectivity index (χ3v) is 8.06. The van der Waals surface area contributed by atoms with Gasteiger partial charge in [-0.15, -0.1) is 0 Å². The fourth-order valence-electron chi connectivity index (χ4n) is 5.26. The molecule has 8 heteroatoms. The zero-order valence-electron chi connectivity index (χ0n) is 19.0. The van der Waals surface area contributed by atoms with Gasteiger partial charge in [0.25, 0.3) is 0 Å². The molecular weight excluding hydrogens is 441 g/mol. The highest BCUT2D eigenvalue weighted by atomic mass is 32.2. The molecule has 1 saturated heterocycles. The summed E-state index contributed by atoms with van der Waals surface area (Å²) in [5.74, 6) is 0.764. The van der Waals surface area contributed by atoms with Gasteiger partial charge in [0.15, 0.2) is 0 Å². The second kappa shape index (κ2) is 8.74. The van der Waals surface area contributed by atoms with Gasteiger partial charge in [0.1, 0.15) is 11.9 Å². The van der Waals surface area contributed by atoms with E-state index in [1.165, 1.54) is 11.8 Å². The molecule has 2 atom stereocenters. The molecule has 1 aromatic heterocycles. The van der Waals surface area contributed by atoms with E-state index < -0.39 is 16.1 Å². The number of fused-ring (bicyclic) bond motifs is 3. The summed E-state index contributed by atoms with van der Waals surface area (Å²) < 4.78 is 45.7. The summed E-state index contributed by atoms with van der Waals surface area (Å²) in [6, 6.07) is 15.3. The molecule has 2 aliphatic rings. The van der Waals surface area contributed by atoms with Crippen molar-refractivity contribution in [2.45, 2.75) is 38.0 Å². The quantitative estimate of drug-likeness (QED) is 0.568. The minimum atomic E-state index is -3.44. The van der Waals surface area contributed by atoms with Crippen LogP contribution >= 0.6 is 0 Å². The number of ether oxygens (including phenoxy) is 1. The summed E-state index contributed by atoms with van der Waals surface area (Å²) in [5, 5.41) is 1.15. The van der Waals surface area contributed by atoms with E-state index >= 15 is 0 Å². The van der Waals surface area contributed by atoms with Crippen LogP contribution in [0, 0.1) is 0 Å². The van der Waals surface area contributed by atoms with Gasteiger partial charge in [-0.05, 0) is 49.1 Å². The number of rotatable bonds is 7. The van der Waals surface area contributed by atoms with Crippen LogP contribution in [0.3, 0.4) is 0 Å². The van der Waals surface area contributed by atoms with Gasteiger partial charge in [0.2, 0.25) is 10.0 Å². The van der Waals surface area contributed by atoms with Crippen LogP contribution < -0.4 is 4.74 Å². The fraction of sp³-hybridized carbons (Fsp3) is 0.440. The molecule has 0 amide bonds. The molecule has 2 aliphatic heterocycles. The van der Waals surface area contributed by atoms with E-state index in [9.17, 15) is 12.8 Å². The van der Waals surface area contributed by atoms with Crippen molar-refractivity contribution in [3.63, 3.8) is 0 Å². The molecule has 176 valence electrons. The second-order valence-corrected chi connectivity index (χ2v) is 11.1. The first-order chi connectivity index (χ1) is 15.8. The lowest BCUT2D eigenvalue weighted by atomic mass is 9.91. The molecule has 0 saturated carbocycles. The van der Waals surface area contributed by atoms with Gasteiger partial charge in [0.05, 0.1) is 19.0 Å². The summed E-state index contributed by atoms with van der Waals surface area (Å²) in [4.78, 5) is 5.69. The van der Waals surface area contributed by atoms with Crippen LogP contribution in [0.1, 0.15) is 36.2 Å². The minimum absolute atomic E-state index is 0.109. The first kappa shape index (κ1) is 22.4. The standard InChI is InChI=1S/C25H30FN3O3S/c1-17-14-22-21-6-3-4-7-23(21)27-24(22)25(29(17)33(2,30)31)18-8-10-19(11-9-18)32-20-15-28(16-20)13-5-12-26/h3-4,6-11,17,20,25,27H,5,12-16H2,1-2H3/t17-,25?/m1/s1. The number of hydrogen-bond acceptors (Lipinski definition) is 4. The van der Waals surface area contributed by atoms with Crippen molar-refractivity contribution in [3.05, 3.63) is 65.4 Å². The highest BCUT2D eigenvalue weighted by molar-refractivity contribution is 7.88. The van der Waals surface area contributed by atoms with E-state index in [0.29, 0.717) is 12.8 Å². The van der Waals surface area contributed by atoms with E-state index in [-0.39, 0.29) is 18.8 Å². The minimum Gasteiger partial charge on any atom is -0.488 e. The van der Waals surface area contributed by atoms with Crippen LogP contribution in [0.25, 0.3) is 10.9 Å². The van der Waals surface area contributed by atoms with Crippen LogP contribution in [-0.2, 0) is 16.4 Å². The first-order valence-corrected chi connectivity index (χ1v) is 13.3. The number of nitrogens with one attached hydrogen (secondary N) is 1. The third-order valence-electron chi connectivity index (χ3n) is 6.72. The van der Waals surface area contributed by atoms with Crippen LogP contribution in [0.5, 0.6) is 5.75 Å². The summed E-state index contributed by atoms with van der Waals surface area (Å²) in [7, 11) is -3.44. The number of benzene rings is 2. The van der Waals surface area contributed by atoms with E-state index in [2.05, 4.69) is 16.0 Å². The smallest absolute Gasteiger partial charge is 0.212 e. The van der Waals surface area contributed by atoms with Crippen LogP contribution in [0.2, 0.25) is 0 Å². The summed E-state index contributed by atoms with van der Waals surface area (Å²) in [6.45, 7) is 4.07. The Bertz CT molecular complexity index is 1240. The molecule has 33 heavy (non-hydrogen) atoms. The normalized spacial score (nSPS) is 22.3. The number of hydrogen-bond donors (Lipinski definition) is 1. The molecule has 1 N–H and O–H groups in total. The maximum Gasteiger partial charge on any atom is 0.212 e. The molecular formula is C25H30FN3O3S. The number of likely N-dealkylation sites (tertiary alicyclic amines) is 1. The van der Waals surface area contributed by atoms with Crippen molar-refractivity contribution in [3.8, 4) is 5.75 Å². The van der Waals surface area contributed by atoms with Gasteiger partial charge in [-0.2, -0.15) is 4.31 Å². The number of alkyl halides is 1. The molecule has 3 heterocycles. The average molecular weight is 472 g/mol. The maximum absolute atomic E-state index is 12.8. The van der Waals surface area contributed by atoms with E-state index in [0.717, 1.165) is 47.5 Å². The number of H-pyrrole nitrogens is 1. The molecule has 1 unspecified atom stereocenters. The lowest BCUT2D eigenvalue weighted by molar-refractivity contribution is 0.0184. The van der Waals surface area contributed by atoms with Gasteiger partial charge < -0.3 is 9.72 Å². The van der Waals surface area contributed by atoms with Crippen LogP contribution in [-0.4, -0.2) is 67.3 Å². The molecule has 3 aromatic rings. The van der Waals surface area contributed by atoms with Crippen molar-refractivity contribution < 1.29 is 17.5 Å². The van der Waals surface area contributed by atoms with Gasteiger partial charge in [-0.3, -0.25) is 9.29 Å². The molecule has 2 aromatic carbocycles. The monoisotopic (exact) mass is 471 g/mol. The lowest BCUT2D eigenvalue weighted by Crippen LogP contribution is -2.53. The predicted molar refractivity (Wildman–Crippen MR) is 128 cm³/mol. The SMILES string of the molecule is C[C@@H]1Cc2c([nH]c3ccccc23)C(c2ccc(OC3CN(CCCF)C3)cc2)N1S(C)(=O)=O. The number of aromatic nitrogens is 1. The molecule has 1 fully saturated rings. The van der Waals surface area contributed by atoms with Crippen molar-refractivity contribution in [2.24, 2.45) is 0 Å². The molecule has 5 rings (SSSR count). The third kappa shape index (κ3) is 4.27. The van der Waals surface area contributed by atoms with Gasteiger partial charge in [0, 0.05) is 42.3 Å². The number of para-hydroxylation sites is 1.